The second-order valence-corrected chi connectivity index (χ2v) is 4.31. The highest BCUT2D eigenvalue weighted by Crippen LogP contribution is 2.24. The van der Waals surface area contributed by atoms with Crippen LogP contribution < -0.4 is 11.1 Å². The quantitative estimate of drug-likeness (QED) is 0.888. The number of hydrogen-bond donors (Lipinski definition) is 2. The van der Waals surface area contributed by atoms with Crippen LogP contribution in [0.5, 0.6) is 0 Å². The van der Waals surface area contributed by atoms with Gasteiger partial charge in [0.2, 0.25) is 0 Å². The van der Waals surface area contributed by atoms with Gasteiger partial charge >= 0.3 is 0 Å². The number of aromatic nitrogens is 2. The van der Waals surface area contributed by atoms with Gasteiger partial charge in [0.05, 0.1) is 16.8 Å². The summed E-state index contributed by atoms with van der Waals surface area (Å²) < 4.78 is 0. The van der Waals surface area contributed by atoms with Crippen molar-refractivity contribution < 1.29 is 0 Å². The molecule has 0 saturated carbocycles. The van der Waals surface area contributed by atoms with Gasteiger partial charge in [0.1, 0.15) is 5.82 Å². The Kier molecular flexibility index (Phi) is 4.12. The highest BCUT2D eigenvalue weighted by molar-refractivity contribution is 6.30. The number of nitrogens with one attached hydrogen (secondary N) is 1. The van der Waals surface area contributed by atoms with Crippen molar-refractivity contribution in [2.75, 3.05) is 12.3 Å². The Morgan fingerprint density at radius 2 is 2.17 bits per heavy atom. The van der Waals surface area contributed by atoms with Crippen molar-refractivity contribution in [2.45, 2.75) is 13.0 Å². The molecular formula is C13H15ClN4. The fraction of sp³-hybridized carbons (Fsp3) is 0.231. The number of halogens is 1. The van der Waals surface area contributed by atoms with Gasteiger partial charge in [0.25, 0.3) is 0 Å². The molecule has 0 aliphatic heterocycles. The summed E-state index contributed by atoms with van der Waals surface area (Å²) in [5.74, 6) is 0.514. The minimum atomic E-state index is -0.0685. The first kappa shape index (κ1) is 12.8. The third-order valence-electron chi connectivity index (χ3n) is 2.64. The third kappa shape index (κ3) is 2.78. The van der Waals surface area contributed by atoms with E-state index in [2.05, 4.69) is 15.3 Å². The van der Waals surface area contributed by atoms with E-state index >= 15 is 0 Å². The molecule has 0 aromatic carbocycles. The maximum absolute atomic E-state index is 5.91. The molecule has 2 aromatic heterocycles. The van der Waals surface area contributed by atoms with Crippen molar-refractivity contribution in [3.8, 4) is 0 Å². The molecule has 0 aliphatic carbocycles. The van der Waals surface area contributed by atoms with E-state index in [1.807, 2.05) is 31.2 Å². The summed E-state index contributed by atoms with van der Waals surface area (Å²) >= 11 is 5.85. The minimum absolute atomic E-state index is 0.0685. The fourth-order valence-corrected chi connectivity index (χ4v) is 1.92. The standard InChI is InChI=1S/C13H15ClN4/c1-2-16-12(10-4-3-7-17-13(10)15)11-6-5-9(14)8-18-11/h3-8,12,16H,2H2,1H3,(H2,15,17). The van der Waals surface area contributed by atoms with Gasteiger partial charge in [-0.15, -0.1) is 0 Å². The van der Waals surface area contributed by atoms with Gasteiger partial charge in [0.15, 0.2) is 0 Å². The molecule has 2 aromatic rings. The average Bonchev–Trinajstić information content (AvgIpc) is 2.38. The number of rotatable bonds is 4. The molecule has 0 saturated heterocycles. The fourth-order valence-electron chi connectivity index (χ4n) is 1.81. The predicted molar refractivity (Wildman–Crippen MR) is 73.4 cm³/mol. The molecule has 4 nitrogen and oxygen atoms in total. The largest absolute Gasteiger partial charge is 0.383 e. The topological polar surface area (TPSA) is 63.8 Å². The van der Waals surface area contributed by atoms with E-state index in [1.54, 1.807) is 12.4 Å². The second-order valence-electron chi connectivity index (χ2n) is 3.87. The molecular weight excluding hydrogens is 248 g/mol. The van der Waals surface area contributed by atoms with Crippen molar-refractivity contribution in [3.05, 3.63) is 52.9 Å². The maximum Gasteiger partial charge on any atom is 0.128 e. The van der Waals surface area contributed by atoms with Crippen LogP contribution in [-0.2, 0) is 0 Å². The third-order valence-corrected chi connectivity index (χ3v) is 2.86. The summed E-state index contributed by atoms with van der Waals surface area (Å²) in [6.07, 6.45) is 3.31. The average molecular weight is 263 g/mol. The lowest BCUT2D eigenvalue weighted by Crippen LogP contribution is -2.24. The van der Waals surface area contributed by atoms with Gasteiger partial charge in [-0.1, -0.05) is 24.6 Å². The van der Waals surface area contributed by atoms with E-state index in [1.165, 1.54) is 0 Å². The Morgan fingerprint density at radius 3 is 2.78 bits per heavy atom. The van der Waals surface area contributed by atoms with E-state index in [4.69, 9.17) is 17.3 Å². The van der Waals surface area contributed by atoms with Crippen molar-refractivity contribution in [3.63, 3.8) is 0 Å². The SMILES string of the molecule is CCNC(c1ccc(Cl)cn1)c1cccnc1N. The lowest BCUT2D eigenvalue weighted by atomic mass is 10.0. The first-order valence-electron chi connectivity index (χ1n) is 5.77. The van der Waals surface area contributed by atoms with Crippen LogP contribution in [-0.4, -0.2) is 16.5 Å². The first-order valence-corrected chi connectivity index (χ1v) is 6.15. The van der Waals surface area contributed by atoms with Crippen LogP contribution in [0.3, 0.4) is 0 Å². The summed E-state index contributed by atoms with van der Waals surface area (Å²) in [6.45, 7) is 2.85. The number of anilines is 1. The van der Waals surface area contributed by atoms with Crippen molar-refractivity contribution in [1.82, 2.24) is 15.3 Å². The Hall–Kier alpha value is -1.65. The zero-order valence-corrected chi connectivity index (χ0v) is 10.9. The summed E-state index contributed by atoms with van der Waals surface area (Å²) in [5.41, 5.74) is 7.72. The number of nitrogen functional groups attached to an aromatic ring is 1. The van der Waals surface area contributed by atoms with E-state index in [9.17, 15) is 0 Å². The molecule has 0 radical (unpaired) electrons. The Balaban J connectivity index is 2.40. The highest BCUT2D eigenvalue weighted by Gasteiger charge is 2.17. The lowest BCUT2D eigenvalue weighted by molar-refractivity contribution is 0.615. The minimum Gasteiger partial charge on any atom is -0.383 e. The Bertz CT molecular complexity index is 513. The first-order chi connectivity index (χ1) is 8.72. The molecule has 18 heavy (non-hydrogen) atoms. The van der Waals surface area contributed by atoms with Crippen molar-refractivity contribution in [2.24, 2.45) is 0 Å². The molecule has 0 spiro atoms. The monoisotopic (exact) mass is 262 g/mol. The normalized spacial score (nSPS) is 12.3. The smallest absolute Gasteiger partial charge is 0.128 e. The van der Waals surface area contributed by atoms with Gasteiger partial charge in [-0.2, -0.15) is 0 Å². The van der Waals surface area contributed by atoms with Gasteiger partial charge < -0.3 is 11.1 Å². The van der Waals surface area contributed by atoms with Crippen LogP contribution in [0.1, 0.15) is 24.2 Å². The lowest BCUT2D eigenvalue weighted by Gasteiger charge is -2.18. The highest BCUT2D eigenvalue weighted by atomic mass is 35.5. The molecule has 2 rings (SSSR count). The molecule has 1 atom stereocenters. The van der Waals surface area contributed by atoms with Crippen molar-refractivity contribution in [1.29, 1.82) is 0 Å². The van der Waals surface area contributed by atoms with Gasteiger partial charge in [-0.3, -0.25) is 4.98 Å². The van der Waals surface area contributed by atoms with Crippen LogP contribution in [0.15, 0.2) is 36.7 Å². The second kappa shape index (κ2) is 5.80. The Labute approximate surface area is 111 Å². The molecule has 0 fully saturated rings. The summed E-state index contributed by atoms with van der Waals surface area (Å²) in [5, 5.41) is 3.97. The zero-order chi connectivity index (χ0) is 13.0. The van der Waals surface area contributed by atoms with Crippen LogP contribution in [0.2, 0.25) is 5.02 Å². The molecule has 0 amide bonds. The van der Waals surface area contributed by atoms with E-state index in [-0.39, 0.29) is 6.04 Å². The summed E-state index contributed by atoms with van der Waals surface area (Å²) in [6, 6.07) is 7.46. The number of hydrogen-bond acceptors (Lipinski definition) is 4. The Morgan fingerprint density at radius 1 is 1.33 bits per heavy atom. The number of nitrogens with two attached hydrogens (primary N) is 1. The van der Waals surface area contributed by atoms with Gasteiger partial charge in [-0.05, 0) is 24.7 Å². The van der Waals surface area contributed by atoms with Crippen molar-refractivity contribution >= 4 is 17.4 Å². The summed E-state index contributed by atoms with van der Waals surface area (Å²) in [4.78, 5) is 8.45. The number of pyridine rings is 2. The molecule has 3 N–H and O–H groups in total. The maximum atomic E-state index is 5.91. The van der Waals surface area contributed by atoms with Gasteiger partial charge in [-0.25, -0.2) is 4.98 Å². The number of nitrogens with zero attached hydrogens (tertiary/aromatic N) is 2. The molecule has 94 valence electrons. The summed E-state index contributed by atoms with van der Waals surface area (Å²) in [7, 11) is 0. The van der Waals surface area contributed by atoms with Crippen LogP contribution in [0.25, 0.3) is 0 Å². The van der Waals surface area contributed by atoms with Gasteiger partial charge in [0, 0.05) is 18.0 Å². The van der Waals surface area contributed by atoms with E-state index in [0.717, 1.165) is 17.8 Å². The van der Waals surface area contributed by atoms with Crippen LogP contribution in [0, 0.1) is 0 Å². The molecule has 0 aliphatic rings. The molecule has 1 unspecified atom stereocenters. The van der Waals surface area contributed by atoms with E-state index in [0.29, 0.717) is 10.8 Å². The zero-order valence-electron chi connectivity index (χ0n) is 10.1. The van der Waals surface area contributed by atoms with Crippen LogP contribution >= 0.6 is 11.6 Å². The molecule has 5 heteroatoms. The molecule has 0 bridgehead atoms. The molecule has 2 heterocycles. The van der Waals surface area contributed by atoms with E-state index < -0.39 is 0 Å². The predicted octanol–water partition coefficient (Wildman–Crippen LogP) is 2.41. The van der Waals surface area contributed by atoms with Crippen LogP contribution in [0.4, 0.5) is 5.82 Å².